The maximum Gasteiger partial charge on any atom is 0.169 e. The Balaban J connectivity index is 1.52. The average Bonchev–Trinajstić information content (AvgIpc) is 2.85. The van der Waals surface area contributed by atoms with Crippen molar-refractivity contribution < 1.29 is 0 Å². The molecule has 0 spiro atoms. The van der Waals surface area contributed by atoms with Crippen LogP contribution in [0.2, 0.25) is 5.15 Å². The molecule has 0 aliphatic carbocycles. The minimum absolute atomic E-state index is 0.402. The minimum Gasteiger partial charge on any atom is -0.324 e. The van der Waals surface area contributed by atoms with E-state index in [1.165, 1.54) is 5.56 Å². The van der Waals surface area contributed by atoms with Crippen molar-refractivity contribution in [1.29, 1.82) is 0 Å². The molecule has 31 heavy (non-hydrogen) atoms. The van der Waals surface area contributed by atoms with Gasteiger partial charge in [-0.05, 0) is 23.3 Å². The Labute approximate surface area is 186 Å². The van der Waals surface area contributed by atoms with Gasteiger partial charge in [-0.1, -0.05) is 96.5 Å². The van der Waals surface area contributed by atoms with Crippen LogP contribution in [-0.4, -0.2) is 16.7 Å². The molecule has 4 nitrogen and oxygen atoms in total. The molecule has 150 valence electrons. The van der Waals surface area contributed by atoms with Crippen LogP contribution in [-0.2, 0) is 0 Å². The van der Waals surface area contributed by atoms with E-state index in [9.17, 15) is 0 Å². The molecule has 1 N–H and O–H groups in total. The van der Waals surface area contributed by atoms with Gasteiger partial charge in [0, 0.05) is 22.9 Å². The average molecular weight is 423 g/mol. The van der Waals surface area contributed by atoms with Crippen molar-refractivity contribution in [2.75, 3.05) is 0 Å². The van der Waals surface area contributed by atoms with Crippen molar-refractivity contribution in [3.63, 3.8) is 0 Å². The molecule has 1 atom stereocenters. The summed E-state index contributed by atoms with van der Waals surface area (Å²) in [5.41, 5.74) is 5.24. The molecule has 5 rings (SSSR count). The quantitative estimate of drug-likeness (QED) is 0.416. The van der Waals surface area contributed by atoms with Crippen LogP contribution in [0.15, 0.2) is 113 Å². The smallest absolute Gasteiger partial charge is 0.169 e. The zero-order valence-corrected chi connectivity index (χ0v) is 17.4. The van der Waals surface area contributed by atoms with Crippen LogP contribution >= 0.6 is 11.6 Å². The Bertz CT molecular complexity index is 1250. The van der Waals surface area contributed by atoms with Crippen molar-refractivity contribution in [1.82, 2.24) is 10.3 Å². The van der Waals surface area contributed by atoms with Crippen LogP contribution in [0.25, 0.3) is 11.1 Å². The number of amidine groups is 2. The maximum atomic E-state index is 6.12. The molecule has 0 fully saturated rings. The fourth-order valence-corrected chi connectivity index (χ4v) is 3.70. The lowest BCUT2D eigenvalue weighted by molar-refractivity contribution is 0.754. The number of hydrogen-bond acceptors (Lipinski definition) is 4. The van der Waals surface area contributed by atoms with Crippen LogP contribution in [0.3, 0.4) is 0 Å². The molecule has 1 unspecified atom stereocenters. The lowest BCUT2D eigenvalue weighted by Crippen LogP contribution is -2.36. The molecule has 0 radical (unpaired) electrons. The summed E-state index contributed by atoms with van der Waals surface area (Å²) in [4.78, 5) is 13.8. The zero-order chi connectivity index (χ0) is 21.0. The second kappa shape index (κ2) is 8.54. The highest BCUT2D eigenvalue weighted by Gasteiger charge is 2.20. The number of hydrogen-bond donors (Lipinski definition) is 1. The first-order valence-corrected chi connectivity index (χ1v) is 10.4. The zero-order valence-electron chi connectivity index (χ0n) is 16.6. The minimum atomic E-state index is -0.402. The van der Waals surface area contributed by atoms with Gasteiger partial charge in [0.2, 0.25) is 0 Å². The summed E-state index contributed by atoms with van der Waals surface area (Å²) in [5.74, 6) is 1.54. The van der Waals surface area contributed by atoms with Gasteiger partial charge in [0.1, 0.15) is 16.8 Å². The fourth-order valence-electron chi connectivity index (χ4n) is 3.52. The first-order valence-electron chi connectivity index (χ1n) is 10.0. The number of rotatable bonds is 4. The molecular weight excluding hydrogens is 404 g/mol. The van der Waals surface area contributed by atoms with E-state index in [0.29, 0.717) is 5.15 Å². The van der Waals surface area contributed by atoms with Gasteiger partial charge in [0.05, 0.1) is 0 Å². The first kappa shape index (κ1) is 19.2. The van der Waals surface area contributed by atoms with Crippen LogP contribution in [0, 0.1) is 0 Å². The van der Waals surface area contributed by atoms with Gasteiger partial charge in [-0.15, -0.1) is 0 Å². The van der Waals surface area contributed by atoms with Crippen LogP contribution < -0.4 is 5.32 Å². The lowest BCUT2D eigenvalue weighted by atomic mass is 10.0. The summed E-state index contributed by atoms with van der Waals surface area (Å²) >= 11 is 6.12. The van der Waals surface area contributed by atoms with Crippen molar-refractivity contribution in [2.24, 2.45) is 9.98 Å². The molecule has 0 saturated heterocycles. The van der Waals surface area contributed by atoms with Crippen LogP contribution in [0.4, 0.5) is 0 Å². The molecule has 0 saturated carbocycles. The lowest BCUT2D eigenvalue weighted by Gasteiger charge is -2.22. The summed E-state index contributed by atoms with van der Waals surface area (Å²) in [6.07, 6.45) is 1.28. The van der Waals surface area contributed by atoms with Crippen molar-refractivity contribution in [3.05, 3.63) is 125 Å². The third-order valence-corrected chi connectivity index (χ3v) is 5.31. The van der Waals surface area contributed by atoms with Gasteiger partial charge in [-0.25, -0.2) is 15.0 Å². The Morgan fingerprint density at radius 1 is 0.613 bits per heavy atom. The second-order valence-corrected chi connectivity index (χ2v) is 7.56. The van der Waals surface area contributed by atoms with Crippen molar-refractivity contribution >= 4 is 23.3 Å². The number of nitrogens with zero attached hydrogens (tertiary/aromatic N) is 3. The van der Waals surface area contributed by atoms with E-state index in [-0.39, 0.29) is 0 Å². The van der Waals surface area contributed by atoms with Gasteiger partial charge >= 0.3 is 0 Å². The number of benzene rings is 3. The normalized spacial score (nSPS) is 15.6. The molecule has 5 heteroatoms. The Morgan fingerprint density at radius 2 is 1.13 bits per heavy atom. The Hall–Kier alpha value is -3.76. The third kappa shape index (κ3) is 4.25. The number of aliphatic imine (C=N–C) groups is 2. The first-order chi connectivity index (χ1) is 15.3. The van der Waals surface area contributed by atoms with E-state index in [4.69, 9.17) is 21.6 Å². The largest absolute Gasteiger partial charge is 0.324 e. The third-order valence-electron chi connectivity index (χ3n) is 5.10. The predicted molar refractivity (Wildman–Crippen MR) is 127 cm³/mol. The van der Waals surface area contributed by atoms with Crippen LogP contribution in [0.5, 0.6) is 0 Å². The molecule has 1 aromatic heterocycles. The number of pyridine rings is 1. The highest BCUT2D eigenvalue weighted by Crippen LogP contribution is 2.26. The standard InChI is InChI=1S/C26H19ClN4/c27-23-17-22(15-16-28-23)26-30-24(20-9-5-2-6-10-20)29-25(31-26)21-13-11-19(12-14-21)18-7-3-1-4-8-18/h1-17,26H,(H,29,30,31). The van der Waals surface area contributed by atoms with Gasteiger partial charge in [0.25, 0.3) is 0 Å². The molecular formula is C26H19ClN4. The fraction of sp³-hybridized carbons (Fsp3) is 0.0385. The van der Waals surface area contributed by atoms with Crippen molar-refractivity contribution in [2.45, 2.75) is 6.17 Å². The number of nitrogens with one attached hydrogen (secondary N) is 1. The van der Waals surface area contributed by atoms with Gasteiger partial charge < -0.3 is 5.32 Å². The van der Waals surface area contributed by atoms with Crippen LogP contribution in [0.1, 0.15) is 22.9 Å². The van der Waals surface area contributed by atoms with Crippen molar-refractivity contribution in [3.8, 4) is 11.1 Å². The molecule has 0 amide bonds. The Kier molecular flexibility index (Phi) is 5.29. The topological polar surface area (TPSA) is 49.6 Å². The second-order valence-electron chi connectivity index (χ2n) is 7.18. The molecule has 2 heterocycles. The van der Waals surface area contributed by atoms with E-state index in [0.717, 1.165) is 33.9 Å². The number of halogens is 1. The van der Waals surface area contributed by atoms with E-state index < -0.39 is 6.17 Å². The summed E-state index contributed by atoms with van der Waals surface area (Å²) < 4.78 is 0. The van der Waals surface area contributed by atoms with E-state index in [1.54, 1.807) is 6.20 Å². The summed E-state index contributed by atoms with van der Waals surface area (Å²) in [6, 6.07) is 32.5. The maximum absolute atomic E-state index is 6.12. The summed E-state index contributed by atoms with van der Waals surface area (Å²) in [7, 11) is 0. The van der Waals surface area contributed by atoms with Gasteiger partial charge in [-0.2, -0.15) is 0 Å². The van der Waals surface area contributed by atoms with E-state index >= 15 is 0 Å². The van der Waals surface area contributed by atoms with Gasteiger partial charge in [0.15, 0.2) is 6.17 Å². The molecule has 1 aliphatic heterocycles. The SMILES string of the molecule is Clc1cc(C2N=C(c3ccccc3)NC(c3ccc(-c4ccccc4)cc3)=N2)ccn1. The number of aromatic nitrogens is 1. The highest BCUT2D eigenvalue weighted by molar-refractivity contribution is 6.29. The Morgan fingerprint density at radius 3 is 1.74 bits per heavy atom. The predicted octanol–water partition coefficient (Wildman–Crippen LogP) is 5.90. The van der Waals surface area contributed by atoms with E-state index in [2.05, 4.69) is 46.7 Å². The molecule has 4 aromatic rings. The summed E-state index contributed by atoms with van der Waals surface area (Å²) in [6.45, 7) is 0. The summed E-state index contributed by atoms with van der Waals surface area (Å²) in [5, 5.41) is 3.84. The molecule has 3 aromatic carbocycles. The van der Waals surface area contributed by atoms with E-state index in [1.807, 2.05) is 60.7 Å². The van der Waals surface area contributed by atoms with Gasteiger partial charge in [-0.3, -0.25) is 0 Å². The molecule has 0 bridgehead atoms. The highest BCUT2D eigenvalue weighted by atomic mass is 35.5. The monoisotopic (exact) mass is 422 g/mol. The molecule has 1 aliphatic rings.